The van der Waals surface area contributed by atoms with E-state index in [-0.39, 0.29) is 5.91 Å². The van der Waals surface area contributed by atoms with Crippen molar-refractivity contribution in [3.8, 4) is 11.5 Å². The Hall–Kier alpha value is -2.82. The smallest absolute Gasteiger partial charge is 0.270 e. The van der Waals surface area contributed by atoms with E-state index < -0.39 is 0 Å². The summed E-state index contributed by atoms with van der Waals surface area (Å²) in [5.74, 6) is 1.21. The van der Waals surface area contributed by atoms with Gasteiger partial charge in [0.05, 0.1) is 14.2 Å². The SMILES string of the molecule is CCc1ccc(C(=NC)C(=O)NCCc2ccc(OC)c(OC)c2)cc1. The number of amides is 1. The number of ether oxygens (including phenoxy) is 2. The molecule has 2 aromatic carbocycles. The van der Waals surface area contributed by atoms with Crippen molar-refractivity contribution in [3.05, 3.63) is 59.2 Å². The summed E-state index contributed by atoms with van der Waals surface area (Å²) in [6.07, 6.45) is 1.66. The van der Waals surface area contributed by atoms with Gasteiger partial charge in [-0.15, -0.1) is 0 Å². The molecule has 2 aromatic rings. The second-order valence-electron chi connectivity index (χ2n) is 5.82. The minimum atomic E-state index is -0.169. The van der Waals surface area contributed by atoms with Crippen molar-refractivity contribution in [1.82, 2.24) is 5.32 Å². The normalized spacial score (nSPS) is 11.2. The highest BCUT2D eigenvalue weighted by molar-refractivity contribution is 6.45. The Morgan fingerprint density at radius 2 is 1.65 bits per heavy atom. The van der Waals surface area contributed by atoms with Gasteiger partial charge < -0.3 is 14.8 Å². The predicted molar refractivity (Wildman–Crippen MR) is 105 cm³/mol. The number of carbonyl (C=O) groups is 1. The van der Waals surface area contributed by atoms with E-state index in [4.69, 9.17) is 9.47 Å². The van der Waals surface area contributed by atoms with Crippen LogP contribution in [0.1, 0.15) is 23.6 Å². The number of hydrogen-bond acceptors (Lipinski definition) is 4. The Balaban J connectivity index is 1.96. The van der Waals surface area contributed by atoms with Crippen LogP contribution in [0.15, 0.2) is 47.5 Å². The summed E-state index contributed by atoms with van der Waals surface area (Å²) in [5.41, 5.74) is 3.57. The molecule has 0 radical (unpaired) electrons. The summed E-state index contributed by atoms with van der Waals surface area (Å²) < 4.78 is 10.5. The van der Waals surface area contributed by atoms with Crippen LogP contribution in [0, 0.1) is 0 Å². The number of nitrogens with zero attached hydrogens (tertiary/aromatic N) is 1. The van der Waals surface area contributed by atoms with Gasteiger partial charge in [-0.1, -0.05) is 37.3 Å². The minimum absolute atomic E-state index is 0.169. The fraction of sp³-hybridized carbons (Fsp3) is 0.333. The van der Waals surface area contributed by atoms with E-state index in [1.54, 1.807) is 21.3 Å². The van der Waals surface area contributed by atoms with E-state index in [1.165, 1.54) is 5.56 Å². The Morgan fingerprint density at radius 1 is 1.00 bits per heavy atom. The fourth-order valence-electron chi connectivity index (χ4n) is 2.70. The monoisotopic (exact) mass is 354 g/mol. The Kier molecular flexibility index (Phi) is 7.21. The lowest BCUT2D eigenvalue weighted by Crippen LogP contribution is -2.33. The third-order valence-electron chi connectivity index (χ3n) is 4.22. The predicted octanol–water partition coefficient (Wildman–Crippen LogP) is 3.04. The maximum Gasteiger partial charge on any atom is 0.270 e. The zero-order chi connectivity index (χ0) is 18.9. The van der Waals surface area contributed by atoms with Crippen LogP contribution in [-0.4, -0.2) is 39.4 Å². The van der Waals surface area contributed by atoms with Gasteiger partial charge in [-0.3, -0.25) is 9.79 Å². The molecule has 0 heterocycles. The molecule has 0 bridgehead atoms. The standard InChI is InChI=1S/C21H26N2O3/c1-5-15-6-9-17(10-7-15)20(22-2)21(24)23-13-12-16-8-11-18(25-3)19(14-16)26-4/h6-11,14H,5,12-13H2,1-4H3,(H,23,24). The second-order valence-corrected chi connectivity index (χ2v) is 5.82. The number of carbonyl (C=O) groups excluding carboxylic acids is 1. The van der Waals surface area contributed by atoms with Crippen LogP contribution in [0.5, 0.6) is 11.5 Å². The number of nitrogens with one attached hydrogen (secondary N) is 1. The molecule has 5 nitrogen and oxygen atoms in total. The van der Waals surface area contributed by atoms with Gasteiger partial charge in [0.2, 0.25) is 0 Å². The van der Waals surface area contributed by atoms with Crippen LogP contribution in [0.25, 0.3) is 0 Å². The number of aryl methyl sites for hydroxylation is 1. The van der Waals surface area contributed by atoms with Gasteiger partial charge in [0.1, 0.15) is 5.71 Å². The number of methoxy groups -OCH3 is 2. The second kappa shape index (κ2) is 9.61. The zero-order valence-electron chi connectivity index (χ0n) is 15.8. The maximum absolute atomic E-state index is 12.5. The van der Waals surface area contributed by atoms with E-state index in [9.17, 15) is 4.79 Å². The number of hydrogen-bond donors (Lipinski definition) is 1. The van der Waals surface area contributed by atoms with Crippen molar-refractivity contribution >= 4 is 11.6 Å². The van der Waals surface area contributed by atoms with Gasteiger partial charge in [-0.25, -0.2) is 0 Å². The van der Waals surface area contributed by atoms with E-state index in [0.29, 0.717) is 30.2 Å². The fourth-order valence-corrected chi connectivity index (χ4v) is 2.70. The third kappa shape index (κ3) is 4.85. The molecule has 26 heavy (non-hydrogen) atoms. The summed E-state index contributed by atoms with van der Waals surface area (Å²) in [5, 5.41) is 2.93. The van der Waals surface area contributed by atoms with E-state index in [0.717, 1.165) is 17.5 Å². The average molecular weight is 354 g/mol. The minimum Gasteiger partial charge on any atom is -0.493 e. The molecule has 0 fully saturated rings. The third-order valence-corrected chi connectivity index (χ3v) is 4.22. The van der Waals surface area contributed by atoms with Gasteiger partial charge in [0.25, 0.3) is 5.91 Å². The van der Waals surface area contributed by atoms with Gasteiger partial charge in [-0.05, 0) is 36.1 Å². The topological polar surface area (TPSA) is 59.9 Å². The Labute approximate surface area is 155 Å². The number of rotatable bonds is 8. The van der Waals surface area contributed by atoms with Crippen molar-refractivity contribution in [2.24, 2.45) is 4.99 Å². The maximum atomic E-state index is 12.5. The van der Waals surface area contributed by atoms with Gasteiger partial charge >= 0.3 is 0 Å². The Morgan fingerprint density at radius 3 is 2.23 bits per heavy atom. The lowest BCUT2D eigenvalue weighted by Gasteiger charge is -2.11. The van der Waals surface area contributed by atoms with E-state index >= 15 is 0 Å². The van der Waals surface area contributed by atoms with E-state index in [2.05, 4.69) is 17.2 Å². The molecule has 138 valence electrons. The van der Waals surface area contributed by atoms with Gasteiger partial charge in [-0.2, -0.15) is 0 Å². The molecule has 0 aliphatic rings. The van der Waals surface area contributed by atoms with Crippen molar-refractivity contribution in [2.45, 2.75) is 19.8 Å². The lowest BCUT2D eigenvalue weighted by atomic mass is 10.1. The van der Waals surface area contributed by atoms with E-state index in [1.807, 2.05) is 42.5 Å². The average Bonchev–Trinajstić information content (AvgIpc) is 2.69. The summed E-state index contributed by atoms with van der Waals surface area (Å²) in [6.45, 7) is 2.62. The molecule has 0 aliphatic heterocycles. The van der Waals surface area contributed by atoms with Crippen molar-refractivity contribution in [3.63, 3.8) is 0 Å². The summed E-state index contributed by atoms with van der Waals surface area (Å²) >= 11 is 0. The summed E-state index contributed by atoms with van der Waals surface area (Å²) in [4.78, 5) is 16.6. The van der Waals surface area contributed by atoms with Crippen molar-refractivity contribution in [2.75, 3.05) is 27.8 Å². The zero-order valence-corrected chi connectivity index (χ0v) is 15.8. The first-order valence-electron chi connectivity index (χ1n) is 8.68. The molecule has 5 heteroatoms. The molecule has 0 saturated heterocycles. The number of aliphatic imine (C=N–C) groups is 1. The molecule has 0 aliphatic carbocycles. The molecule has 0 aromatic heterocycles. The molecular weight excluding hydrogens is 328 g/mol. The first-order valence-corrected chi connectivity index (χ1v) is 8.68. The first-order chi connectivity index (χ1) is 12.6. The van der Waals surface area contributed by atoms with Crippen LogP contribution in [0.3, 0.4) is 0 Å². The number of benzene rings is 2. The van der Waals surface area contributed by atoms with Crippen molar-refractivity contribution in [1.29, 1.82) is 0 Å². The molecule has 2 rings (SSSR count). The van der Waals surface area contributed by atoms with Crippen LogP contribution >= 0.6 is 0 Å². The van der Waals surface area contributed by atoms with Crippen LogP contribution in [0.4, 0.5) is 0 Å². The summed E-state index contributed by atoms with van der Waals surface area (Å²) in [7, 11) is 4.85. The Bertz CT molecular complexity index is 767. The molecule has 0 atom stereocenters. The lowest BCUT2D eigenvalue weighted by molar-refractivity contribution is -0.114. The van der Waals surface area contributed by atoms with Crippen LogP contribution in [-0.2, 0) is 17.6 Å². The highest BCUT2D eigenvalue weighted by atomic mass is 16.5. The largest absolute Gasteiger partial charge is 0.493 e. The molecule has 0 unspecified atom stereocenters. The van der Waals surface area contributed by atoms with Gasteiger partial charge in [0, 0.05) is 19.2 Å². The first kappa shape index (κ1) is 19.5. The molecule has 0 saturated carbocycles. The summed E-state index contributed by atoms with van der Waals surface area (Å²) in [6, 6.07) is 13.7. The molecule has 0 spiro atoms. The molecule has 1 N–H and O–H groups in total. The van der Waals surface area contributed by atoms with Crippen molar-refractivity contribution < 1.29 is 14.3 Å². The molecule has 1 amide bonds. The highest BCUT2D eigenvalue weighted by Gasteiger charge is 2.13. The van der Waals surface area contributed by atoms with Crippen LogP contribution in [0.2, 0.25) is 0 Å². The quantitative estimate of drug-likeness (QED) is 0.741. The molecular formula is C21H26N2O3. The van der Waals surface area contributed by atoms with Gasteiger partial charge in [0.15, 0.2) is 11.5 Å². The van der Waals surface area contributed by atoms with Crippen LogP contribution < -0.4 is 14.8 Å². The highest BCUT2D eigenvalue weighted by Crippen LogP contribution is 2.27.